The van der Waals surface area contributed by atoms with Crippen LogP contribution in [-0.2, 0) is 24.3 Å². The normalized spacial score (nSPS) is 21.6. The molecule has 1 aromatic carbocycles. The zero-order valence-corrected chi connectivity index (χ0v) is 17.9. The summed E-state index contributed by atoms with van der Waals surface area (Å²) < 4.78 is 32.3. The molecule has 2 aliphatic rings. The minimum absolute atomic E-state index is 0.0473. The van der Waals surface area contributed by atoms with Crippen molar-refractivity contribution in [2.45, 2.75) is 36.7 Å². The minimum Gasteiger partial charge on any atom is -0.389 e. The highest BCUT2D eigenvalue weighted by molar-refractivity contribution is 7.89. The zero-order chi connectivity index (χ0) is 21.7. The highest BCUT2D eigenvalue weighted by atomic mass is 32.2. The lowest BCUT2D eigenvalue weighted by Gasteiger charge is -2.31. The van der Waals surface area contributed by atoms with Gasteiger partial charge < -0.3 is 20.1 Å². The highest BCUT2D eigenvalue weighted by Crippen LogP contribution is 2.27. The molecule has 10 heteroatoms. The van der Waals surface area contributed by atoms with Crippen LogP contribution in [0.5, 0.6) is 0 Å². The van der Waals surface area contributed by atoms with Gasteiger partial charge in [0.05, 0.1) is 23.5 Å². The van der Waals surface area contributed by atoms with Crippen molar-refractivity contribution in [2.75, 3.05) is 44.8 Å². The van der Waals surface area contributed by atoms with E-state index >= 15 is 0 Å². The number of carbonyl (C=O) groups excluding carboxylic acids is 2. The Morgan fingerprint density at radius 3 is 2.63 bits per heavy atom. The molecule has 9 nitrogen and oxygen atoms in total. The van der Waals surface area contributed by atoms with Gasteiger partial charge in [0.25, 0.3) is 0 Å². The molecule has 0 bridgehead atoms. The Balaban J connectivity index is 1.64. The number of nitrogens with one attached hydrogen (secondary N) is 1. The van der Waals surface area contributed by atoms with E-state index in [4.69, 9.17) is 4.74 Å². The van der Waals surface area contributed by atoms with Crippen LogP contribution < -0.4 is 10.2 Å². The van der Waals surface area contributed by atoms with Gasteiger partial charge >= 0.3 is 0 Å². The Hall–Kier alpha value is -2.01. The van der Waals surface area contributed by atoms with E-state index < -0.39 is 22.0 Å². The number of aliphatic hydroxyl groups excluding tert-OH is 1. The van der Waals surface area contributed by atoms with E-state index in [1.807, 2.05) is 0 Å². The summed E-state index contributed by atoms with van der Waals surface area (Å²) in [6.45, 7) is 1.27. The first kappa shape index (κ1) is 22.7. The average Bonchev–Trinajstić information content (AvgIpc) is 3.18. The molecule has 2 heterocycles. The van der Waals surface area contributed by atoms with Gasteiger partial charge in [-0.2, -0.15) is 4.31 Å². The first-order chi connectivity index (χ1) is 14.3. The molecule has 0 aromatic heterocycles. The molecule has 1 aromatic rings. The number of piperidine rings is 1. The van der Waals surface area contributed by atoms with Crippen LogP contribution in [0.25, 0.3) is 0 Å². The van der Waals surface area contributed by atoms with Gasteiger partial charge in [-0.3, -0.25) is 9.59 Å². The Labute approximate surface area is 177 Å². The van der Waals surface area contributed by atoms with Crippen LogP contribution in [0.1, 0.15) is 25.7 Å². The van der Waals surface area contributed by atoms with Crippen molar-refractivity contribution >= 4 is 27.5 Å². The van der Waals surface area contributed by atoms with E-state index in [1.54, 1.807) is 17.0 Å². The van der Waals surface area contributed by atoms with Gasteiger partial charge in [0.2, 0.25) is 21.8 Å². The molecule has 2 N–H and O–H groups in total. The molecule has 30 heavy (non-hydrogen) atoms. The monoisotopic (exact) mass is 439 g/mol. The number of methoxy groups -OCH3 is 1. The third-order valence-electron chi connectivity index (χ3n) is 5.49. The summed E-state index contributed by atoms with van der Waals surface area (Å²) in [6, 6.07) is 6.34. The number of aliphatic hydroxyl groups is 1. The quantitative estimate of drug-likeness (QED) is 0.603. The van der Waals surface area contributed by atoms with Crippen LogP contribution in [0.2, 0.25) is 0 Å². The van der Waals surface area contributed by atoms with Gasteiger partial charge in [-0.15, -0.1) is 0 Å². The van der Waals surface area contributed by atoms with Crippen LogP contribution >= 0.6 is 0 Å². The van der Waals surface area contributed by atoms with Crippen molar-refractivity contribution in [3.63, 3.8) is 0 Å². The van der Waals surface area contributed by atoms with Crippen molar-refractivity contribution in [3.8, 4) is 0 Å². The molecule has 2 amide bonds. The van der Waals surface area contributed by atoms with Gasteiger partial charge in [0, 0.05) is 45.4 Å². The Morgan fingerprint density at radius 2 is 2.00 bits per heavy atom. The number of hydrogen-bond acceptors (Lipinski definition) is 6. The molecule has 2 atom stereocenters. The number of hydrogen-bond donors (Lipinski definition) is 2. The SMILES string of the molecule is COCC(O)CNC(=O)C1CCCN(S(=O)(=O)c2ccc(N3CCCC3=O)cc2)C1. The lowest BCUT2D eigenvalue weighted by molar-refractivity contribution is -0.126. The maximum atomic E-state index is 13.1. The third kappa shape index (κ3) is 5.18. The Kier molecular flexibility index (Phi) is 7.45. The van der Waals surface area contributed by atoms with E-state index in [2.05, 4.69) is 5.32 Å². The number of carbonyl (C=O) groups is 2. The summed E-state index contributed by atoms with van der Waals surface area (Å²) >= 11 is 0. The summed E-state index contributed by atoms with van der Waals surface area (Å²) in [5.74, 6) is -0.691. The van der Waals surface area contributed by atoms with Crippen LogP contribution in [0.3, 0.4) is 0 Å². The van der Waals surface area contributed by atoms with E-state index in [1.165, 1.54) is 23.5 Å². The fourth-order valence-electron chi connectivity index (χ4n) is 3.86. The van der Waals surface area contributed by atoms with Crippen LogP contribution in [0.15, 0.2) is 29.2 Å². The maximum absolute atomic E-state index is 13.1. The van der Waals surface area contributed by atoms with Gasteiger partial charge in [-0.05, 0) is 43.5 Å². The molecule has 2 saturated heterocycles. The van der Waals surface area contributed by atoms with Gasteiger partial charge in [-0.25, -0.2) is 8.42 Å². The number of ether oxygens (including phenoxy) is 1. The molecular formula is C20H29N3O6S. The van der Waals surface area contributed by atoms with E-state index in [9.17, 15) is 23.1 Å². The average molecular weight is 440 g/mol. The van der Waals surface area contributed by atoms with Crippen LogP contribution in [0, 0.1) is 5.92 Å². The predicted molar refractivity (Wildman–Crippen MR) is 110 cm³/mol. The molecule has 0 spiro atoms. The molecule has 0 saturated carbocycles. The second-order valence-electron chi connectivity index (χ2n) is 7.70. The lowest BCUT2D eigenvalue weighted by atomic mass is 9.99. The van der Waals surface area contributed by atoms with Crippen molar-refractivity contribution in [1.82, 2.24) is 9.62 Å². The second kappa shape index (κ2) is 9.86. The predicted octanol–water partition coefficient (Wildman–Crippen LogP) is 0.338. The molecule has 166 valence electrons. The topological polar surface area (TPSA) is 116 Å². The summed E-state index contributed by atoms with van der Waals surface area (Å²) in [5.41, 5.74) is 0.696. The smallest absolute Gasteiger partial charge is 0.243 e. The number of sulfonamides is 1. The first-order valence-corrected chi connectivity index (χ1v) is 11.6. The van der Waals surface area contributed by atoms with Crippen LogP contribution in [0.4, 0.5) is 5.69 Å². The largest absolute Gasteiger partial charge is 0.389 e. The number of amides is 2. The summed E-state index contributed by atoms with van der Waals surface area (Å²) in [5, 5.41) is 12.3. The Morgan fingerprint density at radius 1 is 1.27 bits per heavy atom. The molecule has 2 unspecified atom stereocenters. The fraction of sp³-hybridized carbons (Fsp3) is 0.600. The van der Waals surface area contributed by atoms with Gasteiger partial charge in [0.15, 0.2) is 0 Å². The van der Waals surface area contributed by atoms with E-state index in [0.717, 1.165) is 6.42 Å². The summed E-state index contributed by atoms with van der Waals surface area (Å²) in [6.07, 6.45) is 1.69. The number of anilines is 1. The Bertz CT molecular complexity index is 858. The number of benzene rings is 1. The third-order valence-corrected chi connectivity index (χ3v) is 7.36. The molecule has 2 aliphatic heterocycles. The molecule has 0 aliphatic carbocycles. The number of rotatable bonds is 8. The van der Waals surface area contributed by atoms with Gasteiger partial charge in [0.1, 0.15) is 0 Å². The van der Waals surface area contributed by atoms with Crippen molar-refractivity contribution in [3.05, 3.63) is 24.3 Å². The molecule has 3 rings (SSSR count). The summed E-state index contributed by atoms with van der Waals surface area (Å²) in [4.78, 5) is 26.1. The first-order valence-electron chi connectivity index (χ1n) is 10.2. The zero-order valence-electron chi connectivity index (χ0n) is 17.1. The van der Waals surface area contributed by atoms with Crippen molar-refractivity contribution in [2.24, 2.45) is 5.92 Å². The summed E-state index contributed by atoms with van der Waals surface area (Å²) in [7, 11) is -2.28. The van der Waals surface area contributed by atoms with E-state index in [-0.39, 0.29) is 36.4 Å². The van der Waals surface area contributed by atoms with Gasteiger partial charge in [-0.1, -0.05) is 0 Å². The van der Waals surface area contributed by atoms with Crippen molar-refractivity contribution < 1.29 is 27.9 Å². The highest BCUT2D eigenvalue weighted by Gasteiger charge is 2.33. The molecular weight excluding hydrogens is 410 g/mol. The molecule has 0 radical (unpaired) electrons. The fourth-order valence-corrected chi connectivity index (χ4v) is 5.38. The molecule has 2 fully saturated rings. The second-order valence-corrected chi connectivity index (χ2v) is 9.64. The van der Waals surface area contributed by atoms with E-state index in [0.29, 0.717) is 38.0 Å². The number of nitrogens with zero attached hydrogens (tertiary/aromatic N) is 2. The lowest BCUT2D eigenvalue weighted by Crippen LogP contribution is -2.46. The van der Waals surface area contributed by atoms with Crippen molar-refractivity contribution in [1.29, 1.82) is 0 Å². The maximum Gasteiger partial charge on any atom is 0.243 e. The minimum atomic E-state index is -3.74. The standard InChI is InChI=1S/C20H29N3O6S/c1-29-14-17(24)12-21-20(26)15-4-2-10-22(13-15)30(27,28)18-8-6-16(7-9-18)23-11-3-5-19(23)25/h6-9,15,17,24H,2-5,10-14H2,1H3,(H,21,26). The van der Waals surface area contributed by atoms with Crippen LogP contribution in [-0.4, -0.2) is 75.6 Å².